The van der Waals surface area contributed by atoms with Gasteiger partial charge in [0, 0.05) is 31.1 Å². The fraction of sp³-hybridized carbons (Fsp3) is 0.214. The summed E-state index contributed by atoms with van der Waals surface area (Å²) in [4.78, 5) is 0. The van der Waals surface area contributed by atoms with Crippen LogP contribution in [0.2, 0.25) is 0 Å². The van der Waals surface area contributed by atoms with Gasteiger partial charge in [0.2, 0.25) is 0 Å². The van der Waals surface area contributed by atoms with Crippen molar-refractivity contribution in [2.75, 3.05) is 5.73 Å². The maximum Gasteiger partial charge on any atom is 0.122 e. The number of aryl methyl sites for hydroxylation is 3. The van der Waals surface area contributed by atoms with Gasteiger partial charge >= 0.3 is 0 Å². The SMILES string of the molecule is Cc1ccc2cc(-c3cc(N)n(C)n3)n(C)c2c1. The second-order valence-electron chi connectivity index (χ2n) is 4.73. The van der Waals surface area contributed by atoms with Crippen LogP contribution >= 0.6 is 0 Å². The number of nitrogens with two attached hydrogens (primary N) is 1. The highest BCUT2D eigenvalue weighted by molar-refractivity contribution is 5.87. The van der Waals surface area contributed by atoms with E-state index < -0.39 is 0 Å². The van der Waals surface area contributed by atoms with E-state index in [1.54, 1.807) is 4.68 Å². The molecule has 18 heavy (non-hydrogen) atoms. The molecule has 4 nitrogen and oxygen atoms in total. The van der Waals surface area contributed by atoms with Crippen LogP contribution in [-0.4, -0.2) is 14.3 Å². The second-order valence-corrected chi connectivity index (χ2v) is 4.73. The van der Waals surface area contributed by atoms with Gasteiger partial charge in [-0.3, -0.25) is 4.68 Å². The van der Waals surface area contributed by atoms with Crippen molar-refractivity contribution in [3.8, 4) is 11.4 Å². The molecule has 4 heteroatoms. The van der Waals surface area contributed by atoms with Crippen molar-refractivity contribution < 1.29 is 0 Å². The number of anilines is 1. The molecule has 0 radical (unpaired) electrons. The van der Waals surface area contributed by atoms with Crippen molar-refractivity contribution in [1.82, 2.24) is 14.3 Å². The molecule has 1 aromatic carbocycles. The van der Waals surface area contributed by atoms with Gasteiger partial charge in [-0.2, -0.15) is 5.10 Å². The molecule has 0 amide bonds. The van der Waals surface area contributed by atoms with Crippen molar-refractivity contribution in [2.24, 2.45) is 14.1 Å². The van der Waals surface area contributed by atoms with Crippen molar-refractivity contribution in [3.63, 3.8) is 0 Å². The summed E-state index contributed by atoms with van der Waals surface area (Å²) < 4.78 is 3.85. The van der Waals surface area contributed by atoms with E-state index in [1.807, 2.05) is 13.1 Å². The Hall–Kier alpha value is -2.23. The van der Waals surface area contributed by atoms with Crippen LogP contribution in [-0.2, 0) is 14.1 Å². The van der Waals surface area contributed by atoms with E-state index in [-0.39, 0.29) is 0 Å². The maximum absolute atomic E-state index is 5.84. The molecule has 2 N–H and O–H groups in total. The highest BCUT2D eigenvalue weighted by atomic mass is 15.3. The summed E-state index contributed by atoms with van der Waals surface area (Å²) in [5, 5.41) is 5.65. The third-order valence-electron chi connectivity index (χ3n) is 3.38. The van der Waals surface area contributed by atoms with Crippen molar-refractivity contribution in [2.45, 2.75) is 6.92 Å². The zero-order valence-corrected chi connectivity index (χ0v) is 10.8. The molecule has 0 aliphatic heterocycles. The minimum absolute atomic E-state index is 0.673. The molecule has 0 spiro atoms. The van der Waals surface area contributed by atoms with Crippen LogP contribution in [0.3, 0.4) is 0 Å². The van der Waals surface area contributed by atoms with Gasteiger partial charge in [-0.1, -0.05) is 12.1 Å². The summed E-state index contributed by atoms with van der Waals surface area (Å²) in [5.74, 6) is 0.673. The smallest absolute Gasteiger partial charge is 0.122 e. The number of nitrogens with zero attached hydrogens (tertiary/aromatic N) is 3. The van der Waals surface area contributed by atoms with E-state index in [0.29, 0.717) is 5.82 Å². The first-order valence-corrected chi connectivity index (χ1v) is 5.92. The van der Waals surface area contributed by atoms with E-state index in [4.69, 9.17) is 5.73 Å². The number of aromatic nitrogens is 3. The third-order valence-corrected chi connectivity index (χ3v) is 3.38. The first-order valence-electron chi connectivity index (χ1n) is 5.92. The van der Waals surface area contributed by atoms with Crippen LogP contribution in [0.15, 0.2) is 30.3 Å². The van der Waals surface area contributed by atoms with Crippen molar-refractivity contribution in [1.29, 1.82) is 0 Å². The van der Waals surface area contributed by atoms with Gasteiger partial charge in [0.05, 0.1) is 5.69 Å². The van der Waals surface area contributed by atoms with E-state index in [1.165, 1.54) is 16.5 Å². The second kappa shape index (κ2) is 3.63. The molecule has 92 valence electrons. The van der Waals surface area contributed by atoms with Crippen LogP contribution in [0, 0.1) is 6.92 Å². The zero-order valence-electron chi connectivity index (χ0n) is 10.8. The largest absolute Gasteiger partial charge is 0.384 e. The van der Waals surface area contributed by atoms with Gasteiger partial charge in [-0.25, -0.2) is 0 Å². The fourth-order valence-electron chi connectivity index (χ4n) is 2.29. The summed E-state index contributed by atoms with van der Waals surface area (Å²) in [6.45, 7) is 2.10. The van der Waals surface area contributed by atoms with Gasteiger partial charge < -0.3 is 10.3 Å². The Balaban J connectivity index is 2.26. The monoisotopic (exact) mass is 240 g/mol. The normalized spacial score (nSPS) is 11.3. The Morgan fingerprint density at radius 2 is 1.89 bits per heavy atom. The summed E-state index contributed by atoms with van der Waals surface area (Å²) in [6, 6.07) is 10.5. The van der Waals surface area contributed by atoms with E-state index in [2.05, 4.69) is 47.9 Å². The highest BCUT2D eigenvalue weighted by Crippen LogP contribution is 2.27. The molecule has 0 unspecified atom stereocenters. The lowest BCUT2D eigenvalue weighted by atomic mass is 10.2. The third kappa shape index (κ3) is 1.49. The minimum Gasteiger partial charge on any atom is -0.384 e. The van der Waals surface area contributed by atoms with Gasteiger partial charge in [-0.05, 0) is 24.6 Å². The zero-order chi connectivity index (χ0) is 12.9. The molecule has 2 aromatic heterocycles. The van der Waals surface area contributed by atoms with E-state index in [0.717, 1.165) is 11.4 Å². The van der Waals surface area contributed by atoms with Crippen LogP contribution < -0.4 is 5.73 Å². The predicted molar refractivity (Wildman–Crippen MR) is 74.3 cm³/mol. The van der Waals surface area contributed by atoms with Crippen molar-refractivity contribution >= 4 is 16.7 Å². The summed E-state index contributed by atoms with van der Waals surface area (Å²) in [7, 11) is 3.91. The molecule has 2 heterocycles. The molecule has 0 aliphatic rings. The van der Waals surface area contributed by atoms with E-state index >= 15 is 0 Å². The predicted octanol–water partition coefficient (Wildman–Crippen LogP) is 2.47. The lowest BCUT2D eigenvalue weighted by Crippen LogP contribution is -1.97. The van der Waals surface area contributed by atoms with E-state index in [9.17, 15) is 0 Å². The maximum atomic E-state index is 5.84. The van der Waals surface area contributed by atoms with Gasteiger partial charge in [0.25, 0.3) is 0 Å². The first-order chi connectivity index (χ1) is 8.56. The number of rotatable bonds is 1. The van der Waals surface area contributed by atoms with Gasteiger partial charge in [0.1, 0.15) is 11.5 Å². The van der Waals surface area contributed by atoms with Crippen LogP contribution in [0.25, 0.3) is 22.3 Å². The molecule has 0 aliphatic carbocycles. The molecule has 0 saturated carbocycles. The average molecular weight is 240 g/mol. The quantitative estimate of drug-likeness (QED) is 0.710. The Morgan fingerprint density at radius 1 is 1.11 bits per heavy atom. The van der Waals surface area contributed by atoms with Crippen molar-refractivity contribution in [3.05, 3.63) is 35.9 Å². The molecule has 0 bridgehead atoms. The van der Waals surface area contributed by atoms with Crippen LogP contribution in [0.4, 0.5) is 5.82 Å². The summed E-state index contributed by atoms with van der Waals surface area (Å²) in [6.07, 6.45) is 0. The molecule has 0 saturated heterocycles. The number of nitrogen functional groups attached to an aromatic ring is 1. The number of benzene rings is 1. The molecular formula is C14H16N4. The number of hydrogen-bond donors (Lipinski definition) is 1. The Kier molecular flexibility index (Phi) is 2.20. The van der Waals surface area contributed by atoms with Gasteiger partial charge in [-0.15, -0.1) is 0 Å². The minimum atomic E-state index is 0.673. The standard InChI is InChI=1S/C14H16N4/c1-9-4-5-10-7-13(17(2)12(10)6-9)11-8-14(15)18(3)16-11/h4-8H,15H2,1-3H3. The van der Waals surface area contributed by atoms with Crippen LogP contribution in [0.5, 0.6) is 0 Å². The molecule has 0 atom stereocenters. The molecular weight excluding hydrogens is 224 g/mol. The van der Waals surface area contributed by atoms with Gasteiger partial charge in [0.15, 0.2) is 0 Å². The number of hydrogen-bond acceptors (Lipinski definition) is 2. The summed E-state index contributed by atoms with van der Waals surface area (Å²) in [5.41, 5.74) is 10.3. The molecule has 0 fully saturated rings. The topological polar surface area (TPSA) is 48.8 Å². The molecule has 3 rings (SSSR count). The first kappa shape index (κ1) is 10.9. The summed E-state index contributed by atoms with van der Waals surface area (Å²) >= 11 is 0. The Bertz CT molecular complexity index is 714. The Morgan fingerprint density at radius 3 is 2.56 bits per heavy atom. The lowest BCUT2D eigenvalue weighted by molar-refractivity contribution is 0.779. The molecule has 3 aromatic rings. The van der Waals surface area contributed by atoms with Crippen LogP contribution in [0.1, 0.15) is 5.56 Å². The lowest BCUT2D eigenvalue weighted by Gasteiger charge is -2.01. The average Bonchev–Trinajstić information content (AvgIpc) is 2.82. The Labute approximate surface area is 106 Å². The fourth-order valence-corrected chi connectivity index (χ4v) is 2.29. The number of fused-ring (bicyclic) bond motifs is 1. The highest BCUT2D eigenvalue weighted by Gasteiger charge is 2.11.